The average molecular weight is 467 g/mol. The Balaban J connectivity index is 2.02. The van der Waals surface area contributed by atoms with Gasteiger partial charge in [-0.15, -0.1) is 10.2 Å². The molecular formula is C23H25N5O6. The molecule has 0 fully saturated rings. The zero-order chi connectivity index (χ0) is 25.1. The molecule has 0 radical (unpaired) electrons. The van der Waals surface area contributed by atoms with Crippen molar-refractivity contribution in [2.75, 3.05) is 0 Å². The van der Waals surface area contributed by atoms with Crippen LogP contribution in [0.5, 0.6) is 0 Å². The number of carboxylic acids is 1. The normalized spacial score (nSPS) is 13.1. The van der Waals surface area contributed by atoms with Gasteiger partial charge < -0.3 is 25.3 Å². The lowest BCUT2D eigenvalue weighted by Gasteiger charge is -2.29. The van der Waals surface area contributed by atoms with E-state index in [-0.39, 0.29) is 35.2 Å². The van der Waals surface area contributed by atoms with Crippen molar-refractivity contribution in [1.82, 2.24) is 20.5 Å². The van der Waals surface area contributed by atoms with Crippen molar-refractivity contribution in [3.8, 4) is 11.6 Å². The molecule has 0 spiro atoms. The minimum atomic E-state index is -1.29. The molecule has 0 aliphatic heterocycles. The van der Waals surface area contributed by atoms with E-state index in [4.69, 9.17) is 14.9 Å². The van der Waals surface area contributed by atoms with Crippen molar-refractivity contribution >= 4 is 18.0 Å². The highest BCUT2D eigenvalue weighted by Crippen LogP contribution is 2.28. The number of nitrogens with zero attached hydrogens (tertiary/aromatic N) is 3. The number of carbonyl (C=O) groups excluding carboxylic acids is 2. The molecule has 1 unspecified atom stereocenters. The number of pyridine rings is 1. The average Bonchev–Trinajstić information content (AvgIpc) is 3.24. The van der Waals surface area contributed by atoms with Gasteiger partial charge in [0.05, 0.1) is 5.56 Å². The first-order valence-electron chi connectivity index (χ1n) is 10.3. The number of rotatable bonds is 7. The second kappa shape index (κ2) is 9.30. The summed E-state index contributed by atoms with van der Waals surface area (Å²) in [5.74, 6) is -2.32. The van der Waals surface area contributed by atoms with Crippen molar-refractivity contribution in [1.29, 1.82) is 0 Å². The highest BCUT2D eigenvalue weighted by molar-refractivity contribution is 5.96. The van der Waals surface area contributed by atoms with E-state index in [2.05, 4.69) is 20.5 Å². The van der Waals surface area contributed by atoms with E-state index in [1.54, 1.807) is 27.7 Å². The second-order valence-electron chi connectivity index (χ2n) is 8.83. The molecule has 0 bridgehead atoms. The quantitative estimate of drug-likeness (QED) is 0.472. The molecule has 2 aromatic heterocycles. The number of ether oxygens (including phenoxy) is 1. The van der Waals surface area contributed by atoms with E-state index in [9.17, 15) is 19.5 Å². The van der Waals surface area contributed by atoms with Gasteiger partial charge in [0.1, 0.15) is 22.5 Å². The summed E-state index contributed by atoms with van der Waals surface area (Å²) in [6.07, 6.45) is -0.406. The van der Waals surface area contributed by atoms with Gasteiger partial charge in [-0.25, -0.2) is 14.6 Å². The van der Waals surface area contributed by atoms with Crippen molar-refractivity contribution in [2.24, 2.45) is 5.73 Å². The number of carboxylic acid groups (broad SMARTS) is 1. The van der Waals surface area contributed by atoms with Gasteiger partial charge in [-0.05, 0) is 45.4 Å². The van der Waals surface area contributed by atoms with E-state index in [1.807, 2.05) is 30.3 Å². The lowest BCUT2D eigenvalue weighted by molar-refractivity contribution is 0.0443. The fraction of sp³-hybridized carbons (Fsp3) is 0.304. The smallest absolute Gasteiger partial charge is 0.408 e. The van der Waals surface area contributed by atoms with Crippen molar-refractivity contribution in [3.05, 3.63) is 65.2 Å². The predicted octanol–water partition coefficient (Wildman–Crippen LogP) is 2.91. The third kappa shape index (κ3) is 5.94. The highest BCUT2D eigenvalue weighted by Gasteiger charge is 2.37. The Kier molecular flexibility index (Phi) is 6.66. The van der Waals surface area contributed by atoms with Crippen LogP contribution in [-0.4, -0.2) is 43.9 Å². The van der Waals surface area contributed by atoms with E-state index < -0.39 is 29.1 Å². The molecule has 2 heterocycles. The number of hydrogen-bond acceptors (Lipinski definition) is 8. The Labute approximate surface area is 195 Å². The minimum absolute atomic E-state index is 0.0281. The maximum atomic E-state index is 12.6. The van der Waals surface area contributed by atoms with Crippen LogP contribution in [0.1, 0.15) is 60.0 Å². The lowest BCUT2D eigenvalue weighted by Crippen LogP contribution is -2.47. The molecule has 2 amide bonds. The van der Waals surface area contributed by atoms with Crippen LogP contribution in [0.15, 0.2) is 46.9 Å². The molecule has 1 atom stereocenters. The molecule has 34 heavy (non-hydrogen) atoms. The fourth-order valence-corrected chi connectivity index (χ4v) is 3.15. The SMILES string of the molecule is CC(C)(C)OC(=O)NC(C)(Cc1ccccc1)c1nnc(-c2cc(C(=O)O)cc(C(N)=O)n2)o1. The van der Waals surface area contributed by atoms with E-state index in [1.165, 1.54) is 6.07 Å². The molecule has 11 heteroatoms. The number of primary amides is 1. The third-order valence-electron chi connectivity index (χ3n) is 4.62. The summed E-state index contributed by atoms with van der Waals surface area (Å²) in [7, 11) is 0. The maximum Gasteiger partial charge on any atom is 0.408 e. The highest BCUT2D eigenvalue weighted by atomic mass is 16.6. The Hall–Kier alpha value is -4.28. The Morgan fingerprint density at radius 2 is 1.76 bits per heavy atom. The topological polar surface area (TPSA) is 171 Å². The van der Waals surface area contributed by atoms with Crippen molar-refractivity contribution in [2.45, 2.75) is 45.3 Å². The largest absolute Gasteiger partial charge is 0.478 e. The number of alkyl carbamates (subject to hydrolysis) is 1. The van der Waals surface area contributed by atoms with Gasteiger partial charge in [-0.1, -0.05) is 30.3 Å². The zero-order valence-electron chi connectivity index (χ0n) is 19.2. The van der Waals surface area contributed by atoms with Crippen LogP contribution in [0.4, 0.5) is 4.79 Å². The van der Waals surface area contributed by atoms with Gasteiger partial charge in [-0.3, -0.25) is 4.79 Å². The molecule has 4 N–H and O–H groups in total. The lowest BCUT2D eigenvalue weighted by atomic mass is 9.92. The third-order valence-corrected chi connectivity index (χ3v) is 4.62. The summed E-state index contributed by atoms with van der Waals surface area (Å²) in [6, 6.07) is 11.6. The molecule has 0 saturated heterocycles. The number of nitrogens with two attached hydrogens (primary N) is 1. The first-order chi connectivity index (χ1) is 15.9. The molecule has 178 valence electrons. The van der Waals surface area contributed by atoms with Crippen LogP contribution in [0, 0.1) is 0 Å². The van der Waals surface area contributed by atoms with Crippen molar-refractivity contribution < 1.29 is 28.6 Å². The molecule has 0 aliphatic rings. The van der Waals surface area contributed by atoms with Crippen LogP contribution in [0.3, 0.4) is 0 Å². The van der Waals surface area contributed by atoms with Gasteiger partial charge in [0, 0.05) is 6.42 Å². The number of hydrogen-bond donors (Lipinski definition) is 3. The standard InChI is InChI=1S/C23H25N5O6/c1-22(2,3)34-21(32)26-23(4,12-13-8-6-5-7-9-13)20-28-27-18(33-20)16-11-14(19(30)31)10-15(25-16)17(24)29/h5-11H,12H2,1-4H3,(H2,24,29)(H,26,32)(H,30,31). The summed E-state index contributed by atoms with van der Waals surface area (Å²) in [5.41, 5.74) is 3.69. The summed E-state index contributed by atoms with van der Waals surface area (Å²) < 4.78 is 11.2. The summed E-state index contributed by atoms with van der Waals surface area (Å²) >= 11 is 0. The molecule has 0 saturated carbocycles. The van der Waals surface area contributed by atoms with Crippen molar-refractivity contribution in [3.63, 3.8) is 0 Å². The number of benzene rings is 1. The summed E-state index contributed by atoms with van der Waals surface area (Å²) in [4.78, 5) is 39.7. The van der Waals surface area contributed by atoms with E-state index in [0.29, 0.717) is 0 Å². The number of aromatic nitrogens is 3. The molecule has 1 aromatic carbocycles. The van der Waals surface area contributed by atoms with Crippen LogP contribution in [-0.2, 0) is 16.7 Å². The second-order valence-corrected chi connectivity index (χ2v) is 8.83. The number of nitrogens with one attached hydrogen (secondary N) is 1. The van der Waals surface area contributed by atoms with Gasteiger partial charge in [0.25, 0.3) is 11.8 Å². The Morgan fingerprint density at radius 1 is 1.09 bits per heavy atom. The number of amides is 2. The number of aromatic carboxylic acids is 1. The molecular weight excluding hydrogens is 442 g/mol. The van der Waals surface area contributed by atoms with E-state index in [0.717, 1.165) is 11.6 Å². The molecule has 3 rings (SSSR count). The van der Waals surface area contributed by atoms with Gasteiger partial charge in [0.2, 0.25) is 5.89 Å². The minimum Gasteiger partial charge on any atom is -0.478 e. The maximum absolute atomic E-state index is 12.6. The van der Waals surface area contributed by atoms with Gasteiger partial charge in [0.15, 0.2) is 0 Å². The fourth-order valence-electron chi connectivity index (χ4n) is 3.15. The first kappa shape index (κ1) is 24.4. The van der Waals surface area contributed by atoms with Gasteiger partial charge in [-0.2, -0.15) is 0 Å². The van der Waals surface area contributed by atoms with E-state index >= 15 is 0 Å². The predicted molar refractivity (Wildman–Crippen MR) is 120 cm³/mol. The monoisotopic (exact) mass is 467 g/mol. The molecule has 11 nitrogen and oxygen atoms in total. The van der Waals surface area contributed by atoms with Crippen LogP contribution in [0.2, 0.25) is 0 Å². The molecule has 3 aromatic rings. The Morgan fingerprint density at radius 3 is 2.35 bits per heavy atom. The molecule has 0 aliphatic carbocycles. The summed E-state index contributed by atoms with van der Waals surface area (Å²) in [6.45, 7) is 6.91. The van der Waals surface area contributed by atoms with Gasteiger partial charge >= 0.3 is 12.1 Å². The van der Waals surface area contributed by atoms with Crippen LogP contribution >= 0.6 is 0 Å². The van der Waals surface area contributed by atoms with Crippen LogP contribution < -0.4 is 11.1 Å². The Bertz CT molecular complexity index is 1190. The number of carbonyl (C=O) groups is 3. The van der Waals surface area contributed by atoms with Crippen LogP contribution in [0.25, 0.3) is 11.6 Å². The summed E-state index contributed by atoms with van der Waals surface area (Å²) in [5, 5.41) is 20.2. The first-order valence-corrected chi connectivity index (χ1v) is 10.3. The zero-order valence-corrected chi connectivity index (χ0v) is 19.2.